The molecule has 3 aromatic rings. The summed E-state index contributed by atoms with van der Waals surface area (Å²) in [6.07, 6.45) is 4.19. The van der Waals surface area contributed by atoms with Crippen molar-refractivity contribution in [1.82, 2.24) is 29.7 Å². The Labute approximate surface area is 225 Å². The molecule has 0 saturated carbocycles. The number of carbonyl (C=O) groups excluding carboxylic acids is 3. The quantitative estimate of drug-likeness (QED) is 0.458. The first-order valence-corrected chi connectivity index (χ1v) is 12.2. The first kappa shape index (κ1) is 27.4. The SMILES string of the molecule is Cc1cc(N(C)C(=O)CNC(=O)CN(Cc2ccc3c(c2)OCO3)C(=O)OC(C)(C)C)nc(-n2ccnc2)n1. The fourth-order valence-electron chi connectivity index (χ4n) is 3.62. The molecule has 13 heteroatoms. The van der Waals surface area contributed by atoms with Gasteiger partial charge in [0.1, 0.15) is 24.3 Å². The first-order chi connectivity index (χ1) is 18.5. The largest absolute Gasteiger partial charge is 0.454 e. The number of amides is 3. The number of anilines is 1. The van der Waals surface area contributed by atoms with Gasteiger partial charge < -0.3 is 19.5 Å². The van der Waals surface area contributed by atoms with Crippen molar-refractivity contribution in [2.24, 2.45) is 0 Å². The van der Waals surface area contributed by atoms with E-state index in [1.54, 1.807) is 82.3 Å². The van der Waals surface area contributed by atoms with Crippen molar-refractivity contribution in [3.63, 3.8) is 0 Å². The van der Waals surface area contributed by atoms with E-state index in [-0.39, 0.29) is 26.4 Å². The van der Waals surface area contributed by atoms with Crippen LogP contribution in [0.2, 0.25) is 0 Å². The number of imidazole rings is 1. The lowest BCUT2D eigenvalue weighted by atomic mass is 10.2. The van der Waals surface area contributed by atoms with E-state index in [4.69, 9.17) is 14.2 Å². The normalized spacial score (nSPS) is 12.1. The minimum atomic E-state index is -0.759. The average Bonchev–Trinajstić information content (AvgIpc) is 3.57. The van der Waals surface area contributed by atoms with Gasteiger partial charge in [-0.05, 0) is 45.4 Å². The van der Waals surface area contributed by atoms with E-state index in [1.807, 2.05) is 0 Å². The van der Waals surface area contributed by atoms with E-state index in [2.05, 4.69) is 20.3 Å². The molecule has 13 nitrogen and oxygen atoms in total. The summed E-state index contributed by atoms with van der Waals surface area (Å²) < 4.78 is 17.9. The van der Waals surface area contributed by atoms with Crippen molar-refractivity contribution >= 4 is 23.7 Å². The van der Waals surface area contributed by atoms with Gasteiger partial charge in [0.05, 0.1) is 6.54 Å². The molecule has 0 fully saturated rings. The summed E-state index contributed by atoms with van der Waals surface area (Å²) >= 11 is 0. The summed E-state index contributed by atoms with van der Waals surface area (Å²) in [6.45, 7) is 6.60. The van der Waals surface area contributed by atoms with Crippen LogP contribution in [-0.2, 0) is 20.9 Å². The van der Waals surface area contributed by atoms with E-state index < -0.39 is 23.5 Å². The van der Waals surface area contributed by atoms with E-state index in [0.717, 1.165) is 5.56 Å². The van der Waals surface area contributed by atoms with Crippen molar-refractivity contribution < 1.29 is 28.6 Å². The molecule has 39 heavy (non-hydrogen) atoms. The van der Waals surface area contributed by atoms with Crippen LogP contribution in [0.15, 0.2) is 43.0 Å². The lowest BCUT2D eigenvalue weighted by Gasteiger charge is -2.27. The van der Waals surface area contributed by atoms with Crippen molar-refractivity contribution in [1.29, 1.82) is 0 Å². The Hall–Kier alpha value is -4.68. The first-order valence-electron chi connectivity index (χ1n) is 12.2. The number of benzene rings is 1. The van der Waals surface area contributed by atoms with Gasteiger partial charge in [-0.1, -0.05) is 6.07 Å². The number of aromatic nitrogens is 4. The summed E-state index contributed by atoms with van der Waals surface area (Å²) in [5, 5.41) is 2.58. The Bertz CT molecular complexity index is 1350. The zero-order valence-electron chi connectivity index (χ0n) is 22.5. The molecule has 0 unspecified atom stereocenters. The van der Waals surface area contributed by atoms with Crippen LogP contribution in [0.1, 0.15) is 32.0 Å². The van der Waals surface area contributed by atoms with Crippen LogP contribution < -0.4 is 19.7 Å². The number of hydrogen-bond acceptors (Lipinski definition) is 9. The molecule has 3 amide bonds. The Balaban J connectivity index is 1.39. The van der Waals surface area contributed by atoms with Crippen LogP contribution >= 0.6 is 0 Å². The molecule has 4 rings (SSSR count). The van der Waals surface area contributed by atoms with Crippen LogP contribution in [0.3, 0.4) is 0 Å². The second kappa shape index (κ2) is 11.4. The molecule has 0 saturated heterocycles. The van der Waals surface area contributed by atoms with Gasteiger partial charge in [0.2, 0.25) is 24.6 Å². The van der Waals surface area contributed by atoms with Gasteiger partial charge in [0.25, 0.3) is 0 Å². The number of likely N-dealkylation sites (N-methyl/N-ethyl adjacent to an activating group) is 1. The number of carbonyl (C=O) groups is 3. The fraction of sp³-hybridized carbons (Fsp3) is 0.385. The number of aryl methyl sites for hydroxylation is 1. The van der Waals surface area contributed by atoms with Crippen molar-refractivity contribution in [2.75, 3.05) is 31.8 Å². The predicted molar refractivity (Wildman–Crippen MR) is 140 cm³/mol. The van der Waals surface area contributed by atoms with E-state index in [1.165, 1.54) is 9.80 Å². The molecule has 0 aliphatic carbocycles. The minimum absolute atomic E-state index is 0.0874. The second-order valence-corrected chi connectivity index (χ2v) is 9.89. The Kier molecular flexibility index (Phi) is 7.98. The molecule has 0 spiro atoms. The highest BCUT2D eigenvalue weighted by molar-refractivity contribution is 5.96. The average molecular weight is 538 g/mol. The third kappa shape index (κ3) is 7.21. The van der Waals surface area contributed by atoms with Gasteiger partial charge in [0, 0.05) is 37.7 Å². The van der Waals surface area contributed by atoms with Gasteiger partial charge in [-0.2, -0.15) is 4.98 Å². The van der Waals surface area contributed by atoms with Gasteiger partial charge >= 0.3 is 6.09 Å². The molecule has 0 atom stereocenters. The number of hydrogen-bond donors (Lipinski definition) is 1. The van der Waals surface area contributed by atoms with E-state index >= 15 is 0 Å². The summed E-state index contributed by atoms with van der Waals surface area (Å²) in [7, 11) is 1.56. The fourth-order valence-corrected chi connectivity index (χ4v) is 3.62. The van der Waals surface area contributed by atoms with Crippen molar-refractivity contribution in [2.45, 2.75) is 39.8 Å². The lowest BCUT2D eigenvalue weighted by Crippen LogP contribution is -2.45. The molecular formula is C26H31N7O6. The molecule has 2 aromatic heterocycles. The Morgan fingerprint density at radius 1 is 1.13 bits per heavy atom. The summed E-state index contributed by atoms with van der Waals surface area (Å²) in [6, 6.07) is 6.93. The maximum atomic E-state index is 12.9. The zero-order chi connectivity index (χ0) is 28.2. The van der Waals surface area contributed by atoms with Gasteiger partial charge in [-0.15, -0.1) is 0 Å². The maximum absolute atomic E-state index is 12.9. The molecule has 3 heterocycles. The van der Waals surface area contributed by atoms with Crippen LogP contribution in [0, 0.1) is 6.92 Å². The molecule has 1 N–H and O–H groups in total. The van der Waals surface area contributed by atoms with Crippen LogP contribution in [0.25, 0.3) is 5.95 Å². The monoisotopic (exact) mass is 537 g/mol. The van der Waals surface area contributed by atoms with E-state index in [0.29, 0.717) is 29.0 Å². The number of fused-ring (bicyclic) bond motifs is 1. The smallest absolute Gasteiger partial charge is 0.411 e. The lowest BCUT2D eigenvalue weighted by molar-refractivity contribution is -0.125. The maximum Gasteiger partial charge on any atom is 0.411 e. The number of rotatable bonds is 8. The standard InChI is InChI=1S/C26H31N7O6/c1-17-10-21(30-24(29-17)32-9-8-27-15-32)31(5)23(35)12-28-22(34)14-33(25(36)39-26(2,3)4)13-18-6-7-19-20(11-18)38-16-37-19/h6-11,15H,12-14,16H2,1-5H3,(H,28,34). The highest BCUT2D eigenvalue weighted by atomic mass is 16.7. The minimum Gasteiger partial charge on any atom is -0.454 e. The number of ether oxygens (including phenoxy) is 3. The predicted octanol–water partition coefficient (Wildman–Crippen LogP) is 2.22. The molecule has 206 valence electrons. The Morgan fingerprint density at radius 2 is 1.90 bits per heavy atom. The second-order valence-electron chi connectivity index (χ2n) is 9.89. The third-order valence-electron chi connectivity index (χ3n) is 5.52. The summed E-state index contributed by atoms with van der Waals surface area (Å²) in [5.41, 5.74) is 0.621. The van der Waals surface area contributed by atoms with Crippen molar-refractivity contribution in [3.05, 3.63) is 54.2 Å². The van der Waals surface area contributed by atoms with Gasteiger partial charge in [-0.3, -0.25) is 24.0 Å². The Morgan fingerprint density at radius 3 is 2.62 bits per heavy atom. The van der Waals surface area contributed by atoms with Gasteiger partial charge in [-0.25, -0.2) is 14.8 Å². The topological polar surface area (TPSA) is 141 Å². The zero-order valence-corrected chi connectivity index (χ0v) is 22.5. The van der Waals surface area contributed by atoms with Gasteiger partial charge in [0.15, 0.2) is 11.5 Å². The van der Waals surface area contributed by atoms with Crippen LogP contribution in [0.5, 0.6) is 11.5 Å². The van der Waals surface area contributed by atoms with E-state index in [9.17, 15) is 14.4 Å². The van der Waals surface area contributed by atoms with Crippen LogP contribution in [0.4, 0.5) is 10.6 Å². The number of nitrogens with one attached hydrogen (secondary N) is 1. The molecule has 1 aromatic carbocycles. The third-order valence-corrected chi connectivity index (χ3v) is 5.52. The van der Waals surface area contributed by atoms with Crippen LogP contribution in [-0.4, -0.2) is 74.9 Å². The molecule has 1 aliphatic heterocycles. The summed E-state index contributed by atoms with van der Waals surface area (Å²) in [5.74, 6) is 0.968. The highest BCUT2D eigenvalue weighted by Crippen LogP contribution is 2.33. The van der Waals surface area contributed by atoms with Crippen molar-refractivity contribution in [3.8, 4) is 17.4 Å². The molecular weight excluding hydrogens is 506 g/mol. The molecule has 0 radical (unpaired) electrons. The number of nitrogens with zero attached hydrogens (tertiary/aromatic N) is 6. The molecule has 0 bridgehead atoms. The highest BCUT2D eigenvalue weighted by Gasteiger charge is 2.26. The summed E-state index contributed by atoms with van der Waals surface area (Å²) in [4.78, 5) is 53.9. The molecule has 1 aliphatic rings.